The molecule has 3 rings (SSSR count). The number of fused-ring (bicyclic) bond motifs is 1. The highest BCUT2D eigenvalue weighted by atomic mass is 32.2. The first-order valence-electron chi connectivity index (χ1n) is 7.56. The summed E-state index contributed by atoms with van der Waals surface area (Å²) in [6.45, 7) is 0. The van der Waals surface area contributed by atoms with Crippen molar-refractivity contribution in [3.05, 3.63) is 69.1 Å². The molecule has 0 aliphatic heterocycles. The minimum atomic E-state index is -1.74. The van der Waals surface area contributed by atoms with Crippen LogP contribution in [0.25, 0.3) is 10.9 Å². The Labute approximate surface area is 154 Å². The zero-order valence-corrected chi connectivity index (χ0v) is 14.6. The van der Waals surface area contributed by atoms with Crippen molar-refractivity contribution in [3.63, 3.8) is 0 Å². The summed E-state index contributed by atoms with van der Waals surface area (Å²) in [5.41, 5.74) is -1.55. The zero-order chi connectivity index (χ0) is 19.7. The molecule has 0 radical (unpaired) electrons. The maximum atomic E-state index is 14.0. The van der Waals surface area contributed by atoms with Crippen LogP contribution in [0.3, 0.4) is 0 Å². The molecule has 0 aliphatic carbocycles. The van der Waals surface area contributed by atoms with Crippen LogP contribution in [0.2, 0.25) is 0 Å². The number of aromatic nitrogens is 1. The average Bonchev–Trinajstić information content (AvgIpc) is 2.65. The first-order chi connectivity index (χ1) is 12.8. The summed E-state index contributed by atoms with van der Waals surface area (Å²) in [5.74, 6) is -5.57. The number of hydrogen-bond acceptors (Lipinski definition) is 4. The van der Waals surface area contributed by atoms with Gasteiger partial charge < -0.3 is 14.8 Å². The molecule has 0 saturated carbocycles. The number of halogens is 3. The van der Waals surface area contributed by atoms with Crippen LogP contribution in [0, 0.1) is 17.5 Å². The molecule has 0 bridgehead atoms. The van der Waals surface area contributed by atoms with Crippen LogP contribution in [0.1, 0.15) is 15.9 Å². The van der Waals surface area contributed by atoms with Gasteiger partial charge in [-0.25, -0.2) is 18.0 Å². The van der Waals surface area contributed by atoms with Gasteiger partial charge in [-0.2, -0.15) is 0 Å². The van der Waals surface area contributed by atoms with Crippen molar-refractivity contribution in [3.8, 4) is 5.75 Å². The van der Waals surface area contributed by atoms with Crippen LogP contribution in [-0.4, -0.2) is 23.2 Å². The molecule has 27 heavy (non-hydrogen) atoms. The summed E-state index contributed by atoms with van der Waals surface area (Å²) in [4.78, 5) is 26.3. The largest absolute Gasteiger partial charge is 0.497 e. The molecule has 0 atom stereocenters. The highest BCUT2D eigenvalue weighted by Gasteiger charge is 2.23. The number of benzene rings is 2. The highest BCUT2D eigenvalue weighted by Crippen LogP contribution is 2.28. The fourth-order valence-corrected chi connectivity index (χ4v) is 3.49. The smallest absolute Gasteiger partial charge is 0.342 e. The summed E-state index contributed by atoms with van der Waals surface area (Å²) < 4.78 is 46.0. The number of carboxylic acid groups (broad SMARTS) is 1. The molecule has 1 aromatic heterocycles. The van der Waals surface area contributed by atoms with E-state index in [9.17, 15) is 27.9 Å². The Morgan fingerprint density at radius 1 is 1.19 bits per heavy atom. The van der Waals surface area contributed by atoms with Crippen LogP contribution in [0.4, 0.5) is 13.2 Å². The molecule has 0 spiro atoms. The highest BCUT2D eigenvalue weighted by molar-refractivity contribution is 7.98. The molecule has 0 aliphatic rings. The third kappa shape index (κ3) is 3.50. The van der Waals surface area contributed by atoms with Gasteiger partial charge >= 0.3 is 5.97 Å². The molecular formula is C18H12F3NO4S. The first-order valence-corrected chi connectivity index (χ1v) is 8.54. The molecule has 0 unspecified atom stereocenters. The van der Waals surface area contributed by atoms with Crippen LogP contribution >= 0.6 is 11.8 Å². The maximum Gasteiger partial charge on any atom is 0.342 e. The van der Waals surface area contributed by atoms with Crippen molar-refractivity contribution in [2.75, 3.05) is 7.11 Å². The normalized spacial score (nSPS) is 11.0. The lowest BCUT2D eigenvalue weighted by atomic mass is 10.1. The second kappa shape index (κ2) is 7.36. The lowest BCUT2D eigenvalue weighted by Gasteiger charge is -2.10. The molecule has 0 amide bonds. The molecule has 0 saturated heterocycles. The van der Waals surface area contributed by atoms with Gasteiger partial charge in [0.15, 0.2) is 17.5 Å². The predicted molar refractivity (Wildman–Crippen MR) is 94.0 cm³/mol. The van der Waals surface area contributed by atoms with Crippen molar-refractivity contribution < 1.29 is 27.8 Å². The van der Waals surface area contributed by atoms with E-state index in [1.54, 1.807) is 24.3 Å². The minimum absolute atomic E-state index is 0.152. The van der Waals surface area contributed by atoms with Crippen molar-refractivity contribution in [1.82, 2.24) is 4.98 Å². The van der Waals surface area contributed by atoms with E-state index in [0.29, 0.717) is 11.8 Å². The van der Waals surface area contributed by atoms with Crippen LogP contribution in [0.5, 0.6) is 5.75 Å². The van der Waals surface area contributed by atoms with Gasteiger partial charge in [0.25, 0.3) is 0 Å². The molecule has 9 heteroatoms. The van der Waals surface area contributed by atoms with E-state index in [1.165, 1.54) is 7.11 Å². The maximum absolute atomic E-state index is 14.0. The van der Waals surface area contributed by atoms with Gasteiger partial charge in [-0.05, 0) is 23.8 Å². The number of aromatic carboxylic acids is 1. The first kappa shape index (κ1) is 18.8. The van der Waals surface area contributed by atoms with Gasteiger partial charge in [-0.15, -0.1) is 11.8 Å². The standard InChI is InChI=1S/C18H12F3NO4S/c1-26-9-4-2-8(3-5-9)7-27-17-12(18(24)25)16(23)10-6-11(19)13(20)14(21)15(10)22-17/h2-6H,7H2,1H3,(H,22,23)(H,24,25). The van der Waals surface area contributed by atoms with Crippen LogP contribution in [-0.2, 0) is 5.75 Å². The molecule has 1 heterocycles. The summed E-state index contributed by atoms with van der Waals surface area (Å²) in [6, 6.07) is 7.36. The third-order valence-corrected chi connectivity index (χ3v) is 4.93. The van der Waals surface area contributed by atoms with Gasteiger partial charge in [-0.3, -0.25) is 4.79 Å². The number of rotatable bonds is 5. The Morgan fingerprint density at radius 2 is 1.85 bits per heavy atom. The SMILES string of the molecule is COc1ccc(CSc2[nH]c3c(F)c(F)c(F)cc3c(=O)c2C(=O)O)cc1. The van der Waals surface area contributed by atoms with E-state index >= 15 is 0 Å². The van der Waals surface area contributed by atoms with Crippen LogP contribution in [0.15, 0.2) is 40.2 Å². The molecule has 2 aromatic carbocycles. The Kier molecular flexibility index (Phi) is 5.13. The minimum Gasteiger partial charge on any atom is -0.497 e. The van der Waals surface area contributed by atoms with Gasteiger partial charge in [0, 0.05) is 5.75 Å². The van der Waals surface area contributed by atoms with E-state index in [0.717, 1.165) is 17.3 Å². The Balaban J connectivity index is 2.08. The fourth-order valence-electron chi connectivity index (χ4n) is 2.49. The number of nitrogens with one attached hydrogen (secondary N) is 1. The molecule has 0 fully saturated rings. The Morgan fingerprint density at radius 3 is 2.44 bits per heavy atom. The van der Waals surface area contributed by atoms with Gasteiger partial charge in [0.05, 0.1) is 23.0 Å². The summed E-state index contributed by atoms with van der Waals surface area (Å²) in [5, 5.41) is 8.63. The van der Waals surface area contributed by atoms with E-state index in [4.69, 9.17) is 4.74 Å². The fraction of sp³-hybridized carbons (Fsp3) is 0.111. The number of pyridine rings is 1. The third-order valence-electron chi connectivity index (χ3n) is 3.86. The monoisotopic (exact) mass is 395 g/mol. The predicted octanol–water partition coefficient (Wildman–Crippen LogP) is 3.94. The molecule has 3 aromatic rings. The van der Waals surface area contributed by atoms with E-state index in [1.807, 2.05) is 0 Å². The number of H-pyrrole nitrogens is 1. The van der Waals surface area contributed by atoms with Crippen molar-refractivity contribution >= 4 is 28.6 Å². The lowest BCUT2D eigenvalue weighted by Crippen LogP contribution is -2.19. The van der Waals surface area contributed by atoms with Gasteiger partial charge in [0.1, 0.15) is 11.3 Å². The molecule has 2 N–H and O–H groups in total. The zero-order valence-electron chi connectivity index (χ0n) is 13.8. The summed E-state index contributed by atoms with van der Waals surface area (Å²) in [7, 11) is 1.51. The second-order valence-electron chi connectivity index (χ2n) is 5.51. The second-order valence-corrected chi connectivity index (χ2v) is 6.49. The topological polar surface area (TPSA) is 79.4 Å². The number of ether oxygens (including phenoxy) is 1. The number of carboxylic acids is 1. The molecule has 140 valence electrons. The van der Waals surface area contributed by atoms with Crippen LogP contribution < -0.4 is 10.2 Å². The number of thioether (sulfide) groups is 1. The number of aromatic amines is 1. The molecular weight excluding hydrogens is 383 g/mol. The van der Waals surface area contributed by atoms with Gasteiger partial charge in [0.2, 0.25) is 5.43 Å². The van der Waals surface area contributed by atoms with E-state index < -0.39 is 45.3 Å². The number of hydrogen-bond donors (Lipinski definition) is 2. The van der Waals surface area contributed by atoms with E-state index in [-0.39, 0.29) is 10.8 Å². The summed E-state index contributed by atoms with van der Waals surface area (Å²) >= 11 is 0.930. The van der Waals surface area contributed by atoms with Gasteiger partial charge in [-0.1, -0.05) is 12.1 Å². The van der Waals surface area contributed by atoms with E-state index in [2.05, 4.69) is 4.98 Å². The average molecular weight is 395 g/mol. The Hall–Kier alpha value is -2.94. The van der Waals surface area contributed by atoms with Crippen molar-refractivity contribution in [2.24, 2.45) is 0 Å². The summed E-state index contributed by atoms with van der Waals surface area (Å²) in [6.07, 6.45) is 0. The van der Waals surface area contributed by atoms with Crippen molar-refractivity contribution in [2.45, 2.75) is 10.8 Å². The lowest BCUT2D eigenvalue weighted by molar-refractivity contribution is 0.0691. The number of carbonyl (C=O) groups is 1. The number of methoxy groups -OCH3 is 1. The quantitative estimate of drug-likeness (QED) is 0.505. The molecule has 5 nitrogen and oxygen atoms in total. The Bertz CT molecular complexity index is 1100. The van der Waals surface area contributed by atoms with Crippen molar-refractivity contribution in [1.29, 1.82) is 0 Å².